The third kappa shape index (κ3) is 3.61. The van der Waals surface area contributed by atoms with E-state index in [4.69, 9.17) is 5.11 Å². The van der Waals surface area contributed by atoms with Gasteiger partial charge in [0.2, 0.25) is 0 Å². The summed E-state index contributed by atoms with van der Waals surface area (Å²) in [7, 11) is 0. The van der Waals surface area contributed by atoms with E-state index in [2.05, 4.69) is 21.2 Å². The third-order valence-electron chi connectivity index (χ3n) is 2.01. The molecule has 6 heteroatoms. The Hall–Kier alpha value is -0.880. The van der Waals surface area contributed by atoms with Gasteiger partial charge in [-0.2, -0.15) is 0 Å². The lowest BCUT2D eigenvalue weighted by Gasteiger charge is -2.12. The Labute approximate surface area is 106 Å². The van der Waals surface area contributed by atoms with E-state index in [-0.39, 0.29) is 5.91 Å². The minimum Gasteiger partial charge on any atom is -0.480 e. The fraction of sp³-hybridized carbons (Fsp3) is 0.400. The molecule has 0 saturated heterocycles. The molecular formula is C10H12BrNO3S. The highest BCUT2D eigenvalue weighted by Gasteiger charge is 2.19. The smallest absolute Gasteiger partial charge is 0.326 e. The van der Waals surface area contributed by atoms with Crippen molar-refractivity contribution in [2.24, 2.45) is 0 Å². The van der Waals surface area contributed by atoms with E-state index in [1.165, 1.54) is 11.3 Å². The molecule has 0 aliphatic carbocycles. The van der Waals surface area contributed by atoms with Gasteiger partial charge >= 0.3 is 5.97 Å². The topological polar surface area (TPSA) is 66.4 Å². The van der Waals surface area contributed by atoms with Crippen LogP contribution >= 0.6 is 27.3 Å². The van der Waals surface area contributed by atoms with Crippen LogP contribution in [0.2, 0.25) is 0 Å². The summed E-state index contributed by atoms with van der Waals surface area (Å²) >= 11 is 4.64. The number of nitrogens with one attached hydrogen (secondary N) is 1. The highest BCUT2D eigenvalue weighted by atomic mass is 79.9. The molecule has 16 heavy (non-hydrogen) atoms. The summed E-state index contributed by atoms with van der Waals surface area (Å²) in [6.07, 6.45) is 1.15. The Morgan fingerprint density at radius 3 is 2.75 bits per heavy atom. The Balaban J connectivity index is 2.65. The van der Waals surface area contributed by atoms with Crippen LogP contribution in [0.4, 0.5) is 0 Å². The van der Waals surface area contributed by atoms with Crippen molar-refractivity contribution >= 4 is 39.1 Å². The number of hydrogen-bond acceptors (Lipinski definition) is 3. The summed E-state index contributed by atoms with van der Waals surface area (Å²) in [5, 5.41) is 13.1. The summed E-state index contributed by atoms with van der Waals surface area (Å²) in [5.74, 6) is -1.34. The number of hydrogen-bond donors (Lipinski definition) is 2. The lowest BCUT2D eigenvalue weighted by atomic mass is 10.1. The minimum atomic E-state index is -0.996. The van der Waals surface area contributed by atoms with Crippen molar-refractivity contribution in [3.63, 3.8) is 0 Å². The van der Waals surface area contributed by atoms with Crippen molar-refractivity contribution in [2.45, 2.75) is 25.8 Å². The van der Waals surface area contributed by atoms with Crippen LogP contribution in [0.3, 0.4) is 0 Å². The summed E-state index contributed by atoms with van der Waals surface area (Å²) in [4.78, 5) is 22.5. The van der Waals surface area contributed by atoms with Crippen LogP contribution in [-0.4, -0.2) is 23.0 Å². The number of carboxylic acid groups (broad SMARTS) is 1. The highest BCUT2D eigenvalue weighted by Crippen LogP contribution is 2.20. The van der Waals surface area contributed by atoms with Crippen LogP contribution in [-0.2, 0) is 4.79 Å². The van der Waals surface area contributed by atoms with Gasteiger partial charge in [0.05, 0.1) is 9.35 Å². The van der Waals surface area contributed by atoms with Crippen LogP contribution in [0.25, 0.3) is 0 Å². The maximum Gasteiger partial charge on any atom is 0.326 e. The normalized spacial score (nSPS) is 12.1. The zero-order chi connectivity index (χ0) is 12.1. The fourth-order valence-corrected chi connectivity index (χ4v) is 2.35. The van der Waals surface area contributed by atoms with Gasteiger partial charge in [-0.3, -0.25) is 4.79 Å². The van der Waals surface area contributed by atoms with Gasteiger partial charge in [0.25, 0.3) is 5.91 Å². The Morgan fingerprint density at radius 2 is 2.31 bits per heavy atom. The van der Waals surface area contributed by atoms with Gasteiger partial charge in [0.1, 0.15) is 6.04 Å². The Morgan fingerprint density at radius 1 is 1.62 bits per heavy atom. The van der Waals surface area contributed by atoms with Gasteiger partial charge in [-0.05, 0) is 28.4 Å². The molecule has 0 aromatic carbocycles. The lowest BCUT2D eigenvalue weighted by Crippen LogP contribution is -2.40. The van der Waals surface area contributed by atoms with Gasteiger partial charge in [0, 0.05) is 5.38 Å². The van der Waals surface area contributed by atoms with Crippen LogP contribution < -0.4 is 5.32 Å². The quantitative estimate of drug-likeness (QED) is 0.878. The second-order valence-electron chi connectivity index (χ2n) is 3.29. The number of aliphatic carboxylic acids is 1. The van der Waals surface area contributed by atoms with Crippen molar-refractivity contribution in [2.75, 3.05) is 0 Å². The first kappa shape index (κ1) is 13.2. The van der Waals surface area contributed by atoms with Crippen LogP contribution in [0, 0.1) is 0 Å². The van der Waals surface area contributed by atoms with Gasteiger partial charge in [-0.25, -0.2) is 4.79 Å². The second kappa shape index (κ2) is 6.00. The molecule has 0 aliphatic heterocycles. The first-order valence-electron chi connectivity index (χ1n) is 4.82. The molecular weight excluding hydrogens is 294 g/mol. The molecule has 1 atom stereocenters. The van der Waals surface area contributed by atoms with Crippen molar-refractivity contribution in [1.82, 2.24) is 5.32 Å². The van der Waals surface area contributed by atoms with E-state index >= 15 is 0 Å². The monoisotopic (exact) mass is 305 g/mol. The molecule has 1 rings (SSSR count). The Kier molecular flexibility index (Phi) is 4.95. The maximum absolute atomic E-state index is 11.7. The number of carboxylic acids is 1. The predicted molar refractivity (Wildman–Crippen MR) is 65.8 cm³/mol. The molecule has 4 nitrogen and oxygen atoms in total. The van der Waals surface area contributed by atoms with E-state index in [1.54, 1.807) is 11.4 Å². The number of thiophene rings is 1. The Bertz CT molecular complexity index is 391. The van der Waals surface area contributed by atoms with Crippen LogP contribution in [0.1, 0.15) is 30.1 Å². The molecule has 88 valence electrons. The summed E-state index contributed by atoms with van der Waals surface area (Å²) in [6.45, 7) is 1.88. The number of carbonyl (C=O) groups is 2. The molecule has 2 N–H and O–H groups in total. The summed E-state index contributed by atoms with van der Waals surface area (Å²) in [6, 6.07) is 0.862. The number of carbonyl (C=O) groups excluding carboxylic acids is 1. The average molecular weight is 306 g/mol. The maximum atomic E-state index is 11.7. The van der Waals surface area contributed by atoms with E-state index in [0.29, 0.717) is 18.4 Å². The number of halogens is 1. The molecule has 1 aromatic rings. The van der Waals surface area contributed by atoms with Gasteiger partial charge in [-0.15, -0.1) is 11.3 Å². The van der Waals surface area contributed by atoms with Gasteiger partial charge in [-0.1, -0.05) is 13.3 Å². The third-order valence-corrected chi connectivity index (χ3v) is 3.51. The van der Waals surface area contributed by atoms with E-state index in [1.807, 2.05) is 6.92 Å². The molecule has 0 fully saturated rings. The van der Waals surface area contributed by atoms with Crippen LogP contribution in [0.15, 0.2) is 15.2 Å². The van der Waals surface area contributed by atoms with E-state index < -0.39 is 12.0 Å². The predicted octanol–water partition coefficient (Wildman–Crippen LogP) is 2.49. The molecule has 1 heterocycles. The zero-order valence-corrected chi connectivity index (χ0v) is 11.1. The highest BCUT2D eigenvalue weighted by molar-refractivity contribution is 9.11. The molecule has 0 aliphatic rings. The van der Waals surface area contributed by atoms with Gasteiger partial charge < -0.3 is 10.4 Å². The largest absolute Gasteiger partial charge is 0.480 e. The average Bonchev–Trinajstić information content (AvgIpc) is 2.64. The van der Waals surface area contributed by atoms with Crippen molar-refractivity contribution in [3.8, 4) is 0 Å². The second-order valence-corrected chi connectivity index (χ2v) is 5.58. The zero-order valence-electron chi connectivity index (χ0n) is 8.70. The number of rotatable bonds is 5. The molecule has 0 spiro atoms. The first-order valence-corrected chi connectivity index (χ1v) is 6.49. The van der Waals surface area contributed by atoms with Crippen LogP contribution in [0.5, 0.6) is 0 Å². The summed E-state index contributed by atoms with van der Waals surface area (Å²) in [5.41, 5.74) is 0.485. The van der Waals surface area contributed by atoms with Crippen molar-refractivity contribution < 1.29 is 14.7 Å². The van der Waals surface area contributed by atoms with Crippen molar-refractivity contribution in [3.05, 3.63) is 20.8 Å². The minimum absolute atomic E-state index is 0.345. The first-order chi connectivity index (χ1) is 7.54. The molecule has 1 aromatic heterocycles. The van der Waals surface area contributed by atoms with Crippen molar-refractivity contribution in [1.29, 1.82) is 0 Å². The standard InChI is InChI=1S/C10H12BrNO3S/c1-2-3-7(10(14)15)12-9(13)6-4-8(11)16-5-6/h4-5,7H,2-3H2,1H3,(H,12,13)(H,14,15)/t7-/m0/s1. The molecule has 0 radical (unpaired) electrons. The summed E-state index contributed by atoms with van der Waals surface area (Å²) < 4.78 is 0.847. The lowest BCUT2D eigenvalue weighted by molar-refractivity contribution is -0.139. The van der Waals surface area contributed by atoms with E-state index in [9.17, 15) is 9.59 Å². The molecule has 0 bridgehead atoms. The van der Waals surface area contributed by atoms with E-state index in [0.717, 1.165) is 3.79 Å². The fourth-order valence-electron chi connectivity index (χ4n) is 1.22. The SMILES string of the molecule is CCC[C@H](NC(=O)c1csc(Br)c1)C(=O)O. The van der Waals surface area contributed by atoms with Gasteiger partial charge in [0.15, 0.2) is 0 Å². The molecule has 1 amide bonds. The molecule has 0 saturated carbocycles. The molecule has 0 unspecified atom stereocenters. The number of amides is 1.